The Morgan fingerprint density at radius 1 is 1.17 bits per heavy atom. The van der Waals surface area contributed by atoms with E-state index in [1.54, 1.807) is 12.1 Å². The number of amides is 1. The van der Waals surface area contributed by atoms with Crippen molar-refractivity contribution in [2.24, 2.45) is 0 Å². The number of carbonyl (C=O) groups is 1. The normalized spacial score (nSPS) is 18.7. The number of anilines is 1. The summed E-state index contributed by atoms with van der Waals surface area (Å²) in [4.78, 5) is 12.8. The van der Waals surface area contributed by atoms with Crippen molar-refractivity contribution in [1.82, 2.24) is 5.32 Å². The van der Waals surface area contributed by atoms with E-state index in [-0.39, 0.29) is 11.4 Å². The van der Waals surface area contributed by atoms with Gasteiger partial charge in [-0.15, -0.1) is 0 Å². The maximum atomic E-state index is 12.1. The number of aryl methyl sites for hydroxylation is 1. The number of benzene rings is 2. The van der Waals surface area contributed by atoms with Crippen molar-refractivity contribution in [2.75, 3.05) is 5.32 Å². The molecule has 1 aliphatic rings. The Bertz CT molecular complexity index is 790. The highest BCUT2D eigenvalue weighted by molar-refractivity contribution is 8.05. The number of rotatable bonds is 4. The van der Waals surface area contributed by atoms with Gasteiger partial charge in [0.15, 0.2) is 5.50 Å². The molecule has 0 aliphatic carbocycles. The lowest BCUT2D eigenvalue weighted by Crippen LogP contribution is -2.30. The van der Waals surface area contributed by atoms with Crippen molar-refractivity contribution in [3.8, 4) is 0 Å². The van der Waals surface area contributed by atoms with Crippen molar-refractivity contribution in [3.05, 3.63) is 68.5 Å². The molecular formula is C18H16Cl2N2OS. The van der Waals surface area contributed by atoms with Crippen molar-refractivity contribution >= 4 is 52.6 Å². The van der Waals surface area contributed by atoms with Crippen LogP contribution >= 0.6 is 35.0 Å². The zero-order valence-electron chi connectivity index (χ0n) is 13.0. The van der Waals surface area contributed by atoms with Crippen LogP contribution < -0.4 is 10.6 Å². The molecule has 2 aromatic carbocycles. The van der Waals surface area contributed by atoms with Crippen molar-refractivity contribution < 1.29 is 4.79 Å². The molecule has 3 rings (SSSR count). The third-order valence-electron chi connectivity index (χ3n) is 3.63. The van der Waals surface area contributed by atoms with Crippen LogP contribution in [0.15, 0.2) is 47.4 Å². The van der Waals surface area contributed by atoms with Crippen LogP contribution in [0.1, 0.15) is 18.1 Å². The minimum Gasteiger partial charge on any atom is -0.357 e. The lowest BCUT2D eigenvalue weighted by Gasteiger charge is -2.12. The molecule has 3 nitrogen and oxygen atoms in total. The van der Waals surface area contributed by atoms with E-state index in [0.29, 0.717) is 15.0 Å². The average Bonchev–Trinajstić information content (AvgIpc) is 2.91. The van der Waals surface area contributed by atoms with Gasteiger partial charge in [-0.2, -0.15) is 0 Å². The van der Waals surface area contributed by atoms with Gasteiger partial charge in [-0.3, -0.25) is 4.79 Å². The van der Waals surface area contributed by atoms with E-state index in [4.69, 9.17) is 23.2 Å². The first kappa shape index (κ1) is 17.2. The summed E-state index contributed by atoms with van der Waals surface area (Å²) in [6.07, 6.45) is 2.82. The number of thioether (sulfide) groups is 1. The van der Waals surface area contributed by atoms with Crippen molar-refractivity contribution in [2.45, 2.75) is 18.8 Å². The fourth-order valence-corrected chi connectivity index (χ4v) is 3.60. The van der Waals surface area contributed by atoms with Gasteiger partial charge in [-0.25, -0.2) is 0 Å². The Kier molecular flexibility index (Phi) is 5.39. The molecule has 2 aromatic rings. The maximum Gasteiger partial charge on any atom is 0.260 e. The molecule has 24 heavy (non-hydrogen) atoms. The molecule has 1 amide bonds. The highest BCUT2D eigenvalue weighted by atomic mass is 35.5. The Hall–Kier alpha value is -1.62. The number of halogens is 2. The lowest BCUT2D eigenvalue weighted by molar-refractivity contribution is -0.116. The van der Waals surface area contributed by atoms with Gasteiger partial charge in [-0.1, -0.05) is 60.1 Å². The average molecular weight is 379 g/mol. The number of nitrogens with one attached hydrogen (secondary N) is 2. The van der Waals surface area contributed by atoms with E-state index in [0.717, 1.165) is 17.7 Å². The van der Waals surface area contributed by atoms with E-state index in [2.05, 4.69) is 29.7 Å². The van der Waals surface area contributed by atoms with Crippen LogP contribution in [-0.4, -0.2) is 11.4 Å². The van der Waals surface area contributed by atoms with Crippen LogP contribution in [0.5, 0.6) is 0 Å². The molecule has 0 unspecified atom stereocenters. The number of carbonyl (C=O) groups excluding carboxylic acids is 1. The van der Waals surface area contributed by atoms with E-state index in [1.165, 1.54) is 17.3 Å². The molecular weight excluding hydrogens is 363 g/mol. The third-order valence-corrected chi connectivity index (χ3v) is 5.40. The first-order valence-electron chi connectivity index (χ1n) is 7.55. The van der Waals surface area contributed by atoms with E-state index >= 15 is 0 Å². The Labute approximate surface area is 155 Å². The smallest absolute Gasteiger partial charge is 0.260 e. The second-order valence-corrected chi connectivity index (χ2v) is 7.31. The zero-order valence-corrected chi connectivity index (χ0v) is 15.3. The predicted molar refractivity (Wildman–Crippen MR) is 103 cm³/mol. The van der Waals surface area contributed by atoms with Gasteiger partial charge in [0.05, 0.1) is 15.0 Å². The van der Waals surface area contributed by atoms with Crippen LogP contribution in [0.2, 0.25) is 10.0 Å². The Morgan fingerprint density at radius 3 is 2.58 bits per heavy atom. The fraction of sp³-hybridized carbons (Fsp3) is 0.167. The summed E-state index contributed by atoms with van der Waals surface area (Å²) in [7, 11) is 0. The van der Waals surface area contributed by atoms with Crippen molar-refractivity contribution in [1.29, 1.82) is 0 Å². The molecule has 1 saturated heterocycles. The number of hydrogen-bond donors (Lipinski definition) is 2. The molecule has 2 N–H and O–H groups in total. The van der Waals surface area contributed by atoms with Crippen LogP contribution in [0.3, 0.4) is 0 Å². The summed E-state index contributed by atoms with van der Waals surface area (Å²) < 4.78 is 0. The van der Waals surface area contributed by atoms with Gasteiger partial charge in [-0.05, 0) is 47.9 Å². The topological polar surface area (TPSA) is 41.1 Å². The maximum absolute atomic E-state index is 12.1. The Morgan fingerprint density at radius 2 is 1.92 bits per heavy atom. The zero-order chi connectivity index (χ0) is 17.1. The van der Waals surface area contributed by atoms with Crippen LogP contribution in [0.25, 0.3) is 6.08 Å². The quantitative estimate of drug-likeness (QED) is 0.722. The highest BCUT2D eigenvalue weighted by Gasteiger charge is 2.27. The summed E-state index contributed by atoms with van der Waals surface area (Å²) in [5.41, 5.74) is 2.90. The summed E-state index contributed by atoms with van der Waals surface area (Å²) in [6, 6.07) is 13.5. The SMILES string of the molecule is CCc1ccc(N[C@H]2NC(=O)/C(=C/c3ccc(Cl)c(Cl)c3)S2)cc1. The second kappa shape index (κ2) is 7.51. The van der Waals surface area contributed by atoms with Crippen LogP contribution in [-0.2, 0) is 11.2 Å². The molecule has 0 spiro atoms. The molecule has 0 aromatic heterocycles. The van der Waals surface area contributed by atoms with Gasteiger partial charge in [0.1, 0.15) is 0 Å². The molecule has 1 fully saturated rings. The summed E-state index contributed by atoms with van der Waals surface area (Å²) >= 11 is 13.4. The minimum atomic E-state index is -0.195. The lowest BCUT2D eigenvalue weighted by atomic mass is 10.1. The van der Waals surface area contributed by atoms with Gasteiger partial charge in [0.2, 0.25) is 0 Å². The largest absolute Gasteiger partial charge is 0.357 e. The molecule has 0 bridgehead atoms. The molecule has 1 atom stereocenters. The second-order valence-electron chi connectivity index (χ2n) is 5.35. The monoisotopic (exact) mass is 378 g/mol. The third kappa shape index (κ3) is 4.07. The standard InChI is InChI=1S/C18H16Cl2N2OS/c1-2-11-3-6-13(7-4-11)21-18-22-17(23)16(24-18)10-12-5-8-14(19)15(20)9-12/h3-10,18,21H,2H2,1H3,(H,22,23)/b16-10-/t18-/m0/s1. The van der Waals surface area contributed by atoms with Gasteiger partial charge in [0, 0.05) is 5.69 Å². The van der Waals surface area contributed by atoms with Gasteiger partial charge < -0.3 is 10.6 Å². The first-order valence-corrected chi connectivity index (χ1v) is 9.18. The summed E-state index contributed by atoms with van der Waals surface area (Å²) in [5.74, 6) is -0.103. The predicted octanol–water partition coefficient (Wildman–Crippen LogP) is 5.16. The molecule has 1 aliphatic heterocycles. The molecule has 0 radical (unpaired) electrons. The van der Waals surface area contributed by atoms with E-state index in [1.807, 2.05) is 24.3 Å². The van der Waals surface area contributed by atoms with E-state index < -0.39 is 0 Å². The summed E-state index contributed by atoms with van der Waals surface area (Å²) in [5, 5.41) is 7.18. The van der Waals surface area contributed by atoms with Gasteiger partial charge >= 0.3 is 0 Å². The first-order chi connectivity index (χ1) is 11.5. The molecule has 6 heteroatoms. The van der Waals surface area contributed by atoms with Crippen LogP contribution in [0.4, 0.5) is 5.69 Å². The molecule has 1 heterocycles. The van der Waals surface area contributed by atoms with Crippen LogP contribution in [0, 0.1) is 0 Å². The Balaban J connectivity index is 1.70. The fourth-order valence-electron chi connectivity index (χ4n) is 2.31. The van der Waals surface area contributed by atoms with Gasteiger partial charge in [0.25, 0.3) is 5.91 Å². The summed E-state index contributed by atoms with van der Waals surface area (Å²) in [6.45, 7) is 2.12. The highest BCUT2D eigenvalue weighted by Crippen LogP contribution is 2.31. The molecule has 0 saturated carbocycles. The van der Waals surface area contributed by atoms with E-state index in [9.17, 15) is 4.79 Å². The minimum absolute atomic E-state index is 0.103. The molecule has 124 valence electrons. The van der Waals surface area contributed by atoms with Crippen molar-refractivity contribution in [3.63, 3.8) is 0 Å². The number of hydrogen-bond acceptors (Lipinski definition) is 3.